The number of benzene rings is 1. The summed E-state index contributed by atoms with van der Waals surface area (Å²) in [7, 11) is 0. The summed E-state index contributed by atoms with van der Waals surface area (Å²) in [4.78, 5) is 67.2. The van der Waals surface area contributed by atoms with Gasteiger partial charge in [0.1, 0.15) is 23.9 Å². The first kappa shape index (κ1) is 31.3. The molecule has 42 heavy (non-hydrogen) atoms. The Bertz CT molecular complexity index is 1150. The number of nitrogens with one attached hydrogen (secondary N) is 4. The number of carbonyl (C=O) groups is 5. The third-order valence-corrected chi connectivity index (χ3v) is 8.55. The van der Waals surface area contributed by atoms with Crippen molar-refractivity contribution in [3.8, 4) is 5.75 Å². The number of fused-ring (bicyclic) bond motifs is 1. The van der Waals surface area contributed by atoms with E-state index in [1.165, 1.54) is 0 Å². The van der Waals surface area contributed by atoms with Crippen LogP contribution in [0.1, 0.15) is 88.4 Å². The average molecular weight is 584 g/mol. The third-order valence-electron chi connectivity index (χ3n) is 8.55. The predicted molar refractivity (Wildman–Crippen MR) is 157 cm³/mol. The molecule has 1 spiro atoms. The number of rotatable bonds is 6. The van der Waals surface area contributed by atoms with Crippen LogP contribution in [0, 0.1) is 5.92 Å². The largest absolute Gasteiger partial charge is 0.491 e. The van der Waals surface area contributed by atoms with E-state index < -0.39 is 23.4 Å². The molecule has 2 heterocycles. The molecule has 1 aliphatic carbocycles. The molecule has 0 aromatic heterocycles. The number of ether oxygens (including phenoxy) is 1. The van der Waals surface area contributed by atoms with Crippen LogP contribution in [0.3, 0.4) is 0 Å². The van der Waals surface area contributed by atoms with Gasteiger partial charge in [0.15, 0.2) is 0 Å². The Hall–Kier alpha value is -3.63. The lowest BCUT2D eigenvalue weighted by atomic mass is 9.80. The van der Waals surface area contributed by atoms with Crippen LogP contribution >= 0.6 is 0 Å². The standard InChI is InChI=1S/C31H45N5O6/c1-21(2)24-20-42-25-11-5-4-10-22(25)28(39)33-23(29(40)32-17-9-19-36-18-8-12-27(36)38)13-14-26(37)35-31(30(41)34-24)15-6-3-7-16-31/h4-5,10-11,21,23-24H,3,6-9,12-20H2,1-2H3,(H,32,40)(H,33,39)(H,34,41)(H,35,37)/t23-,24+/m0/s1. The molecular formula is C31H45N5O6. The van der Waals surface area contributed by atoms with Crippen LogP contribution in [0.5, 0.6) is 5.75 Å². The SMILES string of the molecule is CC(C)[C@H]1COc2ccccc2C(=O)N[C@H](C(=O)NCCCN2CCCC2=O)CCC(=O)NC2(CCCCC2)C(=O)N1. The van der Waals surface area contributed by atoms with E-state index in [1.54, 1.807) is 29.2 Å². The Balaban J connectivity index is 1.53. The lowest BCUT2D eigenvalue weighted by Gasteiger charge is -2.38. The first-order valence-corrected chi connectivity index (χ1v) is 15.4. The van der Waals surface area contributed by atoms with Crippen molar-refractivity contribution in [2.24, 2.45) is 5.92 Å². The minimum Gasteiger partial charge on any atom is -0.491 e. The van der Waals surface area contributed by atoms with Gasteiger partial charge in [-0.2, -0.15) is 0 Å². The summed E-state index contributed by atoms with van der Waals surface area (Å²) < 4.78 is 6.09. The van der Waals surface area contributed by atoms with E-state index in [4.69, 9.17) is 4.74 Å². The van der Waals surface area contributed by atoms with Gasteiger partial charge in [0.05, 0.1) is 11.6 Å². The molecular weight excluding hydrogens is 538 g/mol. The van der Waals surface area contributed by atoms with Gasteiger partial charge in [0.25, 0.3) is 5.91 Å². The second-order valence-electron chi connectivity index (χ2n) is 12.0. The summed E-state index contributed by atoms with van der Waals surface area (Å²) >= 11 is 0. The van der Waals surface area contributed by atoms with Crippen LogP contribution in [0.25, 0.3) is 0 Å². The molecule has 4 N–H and O–H groups in total. The zero-order chi connectivity index (χ0) is 30.1. The Morgan fingerprint density at radius 1 is 1.05 bits per heavy atom. The normalized spacial score (nSPS) is 23.6. The van der Waals surface area contributed by atoms with E-state index in [0.29, 0.717) is 44.5 Å². The van der Waals surface area contributed by atoms with Gasteiger partial charge in [-0.3, -0.25) is 24.0 Å². The van der Waals surface area contributed by atoms with Crippen molar-refractivity contribution in [3.63, 3.8) is 0 Å². The fourth-order valence-electron chi connectivity index (χ4n) is 5.89. The summed E-state index contributed by atoms with van der Waals surface area (Å²) in [6, 6.07) is 5.47. The molecule has 0 bridgehead atoms. The molecule has 1 saturated heterocycles. The second kappa shape index (κ2) is 14.5. The fourth-order valence-corrected chi connectivity index (χ4v) is 5.89. The molecule has 2 aliphatic heterocycles. The van der Waals surface area contributed by atoms with Gasteiger partial charge in [0.2, 0.25) is 23.6 Å². The summed E-state index contributed by atoms with van der Waals surface area (Å²) in [5.74, 6) is -0.930. The molecule has 4 rings (SSSR count). The quantitative estimate of drug-likeness (QED) is 0.377. The maximum atomic E-state index is 13.7. The molecule has 11 heteroatoms. The van der Waals surface area contributed by atoms with Gasteiger partial charge in [-0.25, -0.2) is 0 Å². The van der Waals surface area contributed by atoms with Crippen LogP contribution in [0.15, 0.2) is 24.3 Å². The van der Waals surface area contributed by atoms with E-state index in [9.17, 15) is 24.0 Å². The lowest BCUT2D eigenvalue weighted by molar-refractivity contribution is -0.136. The smallest absolute Gasteiger partial charge is 0.255 e. The van der Waals surface area contributed by atoms with Crippen molar-refractivity contribution in [3.05, 3.63) is 29.8 Å². The highest BCUT2D eigenvalue weighted by molar-refractivity contribution is 6.00. The maximum Gasteiger partial charge on any atom is 0.255 e. The van der Waals surface area contributed by atoms with E-state index in [-0.39, 0.29) is 54.7 Å². The van der Waals surface area contributed by atoms with Crippen molar-refractivity contribution < 1.29 is 28.7 Å². The summed E-state index contributed by atoms with van der Waals surface area (Å²) in [6.07, 6.45) is 5.76. The first-order chi connectivity index (χ1) is 20.2. The van der Waals surface area contributed by atoms with Gasteiger partial charge in [0, 0.05) is 32.5 Å². The van der Waals surface area contributed by atoms with E-state index >= 15 is 0 Å². The third kappa shape index (κ3) is 8.01. The zero-order valence-corrected chi connectivity index (χ0v) is 24.8. The van der Waals surface area contributed by atoms with Crippen molar-refractivity contribution in [1.29, 1.82) is 0 Å². The van der Waals surface area contributed by atoms with Crippen molar-refractivity contribution in [1.82, 2.24) is 26.2 Å². The minimum absolute atomic E-state index is 0.0402. The van der Waals surface area contributed by atoms with E-state index in [1.807, 2.05) is 13.8 Å². The molecule has 2 fully saturated rings. The minimum atomic E-state index is -1.02. The molecule has 1 aromatic carbocycles. The molecule has 2 atom stereocenters. The summed E-state index contributed by atoms with van der Waals surface area (Å²) in [5, 5.41) is 11.8. The monoisotopic (exact) mass is 583 g/mol. The fraction of sp³-hybridized carbons (Fsp3) is 0.645. The molecule has 230 valence electrons. The van der Waals surface area contributed by atoms with Gasteiger partial charge < -0.3 is 30.9 Å². The highest BCUT2D eigenvalue weighted by Crippen LogP contribution is 2.29. The van der Waals surface area contributed by atoms with Gasteiger partial charge in [-0.05, 0) is 50.2 Å². The predicted octanol–water partition coefficient (Wildman–Crippen LogP) is 2.05. The number of likely N-dealkylation sites (tertiary alicyclic amines) is 1. The van der Waals surface area contributed by atoms with Gasteiger partial charge in [-0.15, -0.1) is 0 Å². The van der Waals surface area contributed by atoms with Gasteiger partial charge in [-0.1, -0.05) is 45.2 Å². The zero-order valence-electron chi connectivity index (χ0n) is 24.8. The van der Waals surface area contributed by atoms with Crippen LogP contribution in [0.2, 0.25) is 0 Å². The highest BCUT2D eigenvalue weighted by Gasteiger charge is 2.42. The molecule has 11 nitrogen and oxygen atoms in total. The maximum absolute atomic E-state index is 13.7. The Kier molecular flexibility index (Phi) is 10.8. The first-order valence-electron chi connectivity index (χ1n) is 15.4. The molecule has 1 aromatic rings. The number of para-hydroxylation sites is 1. The molecule has 0 unspecified atom stereocenters. The van der Waals surface area contributed by atoms with Crippen molar-refractivity contribution >= 4 is 29.5 Å². The van der Waals surface area contributed by atoms with Gasteiger partial charge >= 0.3 is 0 Å². The van der Waals surface area contributed by atoms with Crippen LogP contribution < -0.4 is 26.0 Å². The molecule has 3 aliphatic rings. The van der Waals surface area contributed by atoms with Crippen molar-refractivity contribution in [2.45, 2.75) is 95.7 Å². The number of carbonyl (C=O) groups excluding carboxylic acids is 5. The van der Waals surface area contributed by atoms with Crippen LogP contribution in [-0.4, -0.2) is 78.3 Å². The lowest BCUT2D eigenvalue weighted by Crippen LogP contribution is -2.62. The molecule has 1 saturated carbocycles. The Morgan fingerprint density at radius 2 is 1.81 bits per heavy atom. The van der Waals surface area contributed by atoms with Crippen LogP contribution in [0.4, 0.5) is 0 Å². The summed E-state index contributed by atoms with van der Waals surface area (Å²) in [5.41, 5.74) is -0.756. The number of amides is 5. The van der Waals surface area contributed by atoms with E-state index in [2.05, 4.69) is 21.3 Å². The highest BCUT2D eigenvalue weighted by atomic mass is 16.5. The summed E-state index contributed by atoms with van der Waals surface area (Å²) in [6.45, 7) is 5.74. The molecule has 0 radical (unpaired) electrons. The Labute approximate surface area is 247 Å². The second-order valence-corrected chi connectivity index (χ2v) is 12.0. The number of nitrogens with zero attached hydrogens (tertiary/aromatic N) is 1. The molecule has 5 amide bonds. The van der Waals surface area contributed by atoms with Crippen molar-refractivity contribution in [2.75, 3.05) is 26.2 Å². The number of hydrogen-bond donors (Lipinski definition) is 4. The average Bonchev–Trinajstić information content (AvgIpc) is 3.39. The van der Waals surface area contributed by atoms with Crippen LogP contribution in [-0.2, 0) is 19.2 Å². The topological polar surface area (TPSA) is 146 Å². The Morgan fingerprint density at radius 3 is 2.52 bits per heavy atom. The van der Waals surface area contributed by atoms with E-state index in [0.717, 1.165) is 32.2 Å². The number of hydrogen-bond acceptors (Lipinski definition) is 6.